The van der Waals surface area contributed by atoms with E-state index >= 15 is 0 Å². The molecule has 0 amide bonds. The van der Waals surface area contributed by atoms with Gasteiger partial charge in [0.25, 0.3) is 0 Å². The van der Waals surface area contributed by atoms with Crippen LogP contribution in [0.25, 0.3) is 0 Å². The summed E-state index contributed by atoms with van der Waals surface area (Å²) < 4.78 is 4.81. The molecule has 0 bridgehead atoms. The summed E-state index contributed by atoms with van der Waals surface area (Å²) in [6.07, 6.45) is 0. The van der Waals surface area contributed by atoms with E-state index in [4.69, 9.17) is 4.74 Å². The number of rotatable bonds is 2. The molecule has 13 heavy (non-hydrogen) atoms. The maximum absolute atomic E-state index is 10.5. The predicted molar refractivity (Wildman–Crippen MR) is 47.0 cm³/mol. The van der Waals surface area contributed by atoms with Crippen LogP contribution in [0.3, 0.4) is 0 Å². The van der Waals surface area contributed by atoms with Crippen LogP contribution in [-0.2, 0) is 16.1 Å². The lowest BCUT2D eigenvalue weighted by molar-refractivity contribution is -0.142. The van der Waals surface area contributed by atoms with Gasteiger partial charge < -0.3 is 4.74 Å². The first kappa shape index (κ1) is 9.64. The zero-order valence-electron chi connectivity index (χ0n) is 8.00. The van der Waals surface area contributed by atoms with Crippen molar-refractivity contribution in [2.75, 3.05) is 0 Å². The minimum Gasteiger partial charge on any atom is -0.459 e. The number of aromatic nitrogens is 2. The Morgan fingerprint density at radius 1 is 1.46 bits per heavy atom. The van der Waals surface area contributed by atoms with E-state index in [2.05, 4.69) is 9.97 Å². The molecule has 0 aromatic carbocycles. The Balaban J connectivity index is 2.71. The lowest BCUT2D eigenvalue weighted by Gasteiger charge is -2.03. The number of nitrogens with zero attached hydrogens (tertiary/aromatic N) is 2. The maximum atomic E-state index is 10.5. The quantitative estimate of drug-likeness (QED) is 0.641. The number of carbonyl (C=O) groups excluding carboxylic acids is 1. The second-order valence-electron chi connectivity index (χ2n) is 2.83. The van der Waals surface area contributed by atoms with E-state index in [1.54, 1.807) is 6.07 Å². The summed E-state index contributed by atoms with van der Waals surface area (Å²) in [6, 6.07) is 1.80. The van der Waals surface area contributed by atoms with Crippen LogP contribution < -0.4 is 0 Å². The number of hydrogen-bond donors (Lipinski definition) is 0. The molecular weight excluding hydrogens is 168 g/mol. The molecule has 0 saturated carbocycles. The molecule has 1 rings (SSSR count). The first-order valence-electron chi connectivity index (χ1n) is 4.02. The molecular formula is C9H12N2O2. The van der Waals surface area contributed by atoms with Crippen molar-refractivity contribution in [3.8, 4) is 0 Å². The molecule has 0 N–H and O–H groups in total. The zero-order chi connectivity index (χ0) is 9.84. The SMILES string of the molecule is CC(=O)OCc1cc(C)nc(C)n1. The van der Waals surface area contributed by atoms with Gasteiger partial charge in [0.2, 0.25) is 0 Å². The summed E-state index contributed by atoms with van der Waals surface area (Å²) in [6.45, 7) is 5.29. The van der Waals surface area contributed by atoms with Crippen molar-refractivity contribution < 1.29 is 9.53 Å². The molecule has 4 nitrogen and oxygen atoms in total. The summed E-state index contributed by atoms with van der Waals surface area (Å²) in [4.78, 5) is 18.7. The summed E-state index contributed by atoms with van der Waals surface area (Å²) in [5.41, 5.74) is 1.62. The molecule has 0 aliphatic carbocycles. The van der Waals surface area contributed by atoms with E-state index in [9.17, 15) is 4.79 Å². The largest absolute Gasteiger partial charge is 0.459 e. The van der Waals surface area contributed by atoms with E-state index in [-0.39, 0.29) is 12.6 Å². The molecule has 0 saturated heterocycles. The van der Waals surface area contributed by atoms with Gasteiger partial charge in [-0.3, -0.25) is 4.79 Å². The highest BCUT2D eigenvalue weighted by atomic mass is 16.5. The number of ether oxygens (including phenoxy) is 1. The monoisotopic (exact) mass is 180 g/mol. The van der Waals surface area contributed by atoms with Gasteiger partial charge in [-0.15, -0.1) is 0 Å². The second kappa shape index (κ2) is 3.98. The molecule has 0 aliphatic heterocycles. The Morgan fingerprint density at radius 3 is 2.69 bits per heavy atom. The van der Waals surface area contributed by atoms with Gasteiger partial charge >= 0.3 is 5.97 Å². The zero-order valence-corrected chi connectivity index (χ0v) is 8.00. The highest BCUT2D eigenvalue weighted by Gasteiger charge is 2.00. The summed E-state index contributed by atoms with van der Waals surface area (Å²) >= 11 is 0. The second-order valence-corrected chi connectivity index (χ2v) is 2.83. The van der Waals surface area contributed by atoms with Crippen molar-refractivity contribution in [2.24, 2.45) is 0 Å². The average molecular weight is 180 g/mol. The fourth-order valence-corrected chi connectivity index (χ4v) is 1.04. The van der Waals surface area contributed by atoms with Crippen LogP contribution in [0.2, 0.25) is 0 Å². The lowest BCUT2D eigenvalue weighted by atomic mass is 10.3. The topological polar surface area (TPSA) is 52.1 Å². The molecule has 1 heterocycles. The fraction of sp³-hybridized carbons (Fsp3) is 0.444. The smallest absolute Gasteiger partial charge is 0.303 e. The van der Waals surface area contributed by atoms with E-state index in [0.717, 1.165) is 11.4 Å². The van der Waals surface area contributed by atoms with Crippen molar-refractivity contribution in [3.05, 3.63) is 23.3 Å². The molecule has 0 fully saturated rings. The van der Waals surface area contributed by atoms with Crippen molar-refractivity contribution in [2.45, 2.75) is 27.4 Å². The van der Waals surface area contributed by atoms with Crippen molar-refractivity contribution in [1.82, 2.24) is 9.97 Å². The summed E-state index contributed by atoms with van der Waals surface area (Å²) in [5.74, 6) is 0.399. The van der Waals surface area contributed by atoms with Crippen LogP contribution in [0.1, 0.15) is 24.1 Å². The van der Waals surface area contributed by atoms with E-state index in [0.29, 0.717) is 5.82 Å². The van der Waals surface area contributed by atoms with Gasteiger partial charge in [0.05, 0.1) is 5.69 Å². The normalized spacial score (nSPS) is 9.77. The van der Waals surface area contributed by atoms with E-state index in [1.807, 2.05) is 13.8 Å². The number of hydrogen-bond acceptors (Lipinski definition) is 4. The molecule has 1 aromatic rings. The van der Waals surface area contributed by atoms with Crippen LogP contribution in [0.15, 0.2) is 6.07 Å². The Hall–Kier alpha value is -1.45. The number of aryl methyl sites for hydroxylation is 2. The third kappa shape index (κ3) is 3.19. The van der Waals surface area contributed by atoms with Crippen LogP contribution in [0.5, 0.6) is 0 Å². The van der Waals surface area contributed by atoms with Crippen LogP contribution in [0.4, 0.5) is 0 Å². The van der Waals surface area contributed by atoms with Gasteiger partial charge in [-0.25, -0.2) is 9.97 Å². The van der Waals surface area contributed by atoms with Gasteiger partial charge in [0.15, 0.2) is 0 Å². The molecule has 0 atom stereocenters. The van der Waals surface area contributed by atoms with E-state index < -0.39 is 0 Å². The molecule has 70 valence electrons. The minimum atomic E-state index is -0.297. The Labute approximate surface area is 77.0 Å². The lowest BCUT2D eigenvalue weighted by Crippen LogP contribution is -2.03. The first-order valence-corrected chi connectivity index (χ1v) is 4.02. The van der Waals surface area contributed by atoms with Gasteiger partial charge in [0, 0.05) is 12.6 Å². The third-order valence-corrected chi connectivity index (χ3v) is 1.44. The molecule has 0 radical (unpaired) electrons. The van der Waals surface area contributed by atoms with E-state index in [1.165, 1.54) is 6.92 Å². The molecule has 0 unspecified atom stereocenters. The minimum absolute atomic E-state index is 0.222. The third-order valence-electron chi connectivity index (χ3n) is 1.44. The highest BCUT2D eigenvalue weighted by molar-refractivity contribution is 5.65. The standard InChI is InChI=1S/C9H12N2O2/c1-6-4-9(5-13-8(3)12)11-7(2)10-6/h4H,5H2,1-3H3. The van der Waals surface area contributed by atoms with Gasteiger partial charge in [-0.1, -0.05) is 0 Å². The molecule has 0 aliphatic rings. The van der Waals surface area contributed by atoms with Crippen molar-refractivity contribution >= 4 is 5.97 Å². The molecule has 1 aromatic heterocycles. The van der Waals surface area contributed by atoms with Crippen molar-refractivity contribution in [3.63, 3.8) is 0 Å². The van der Waals surface area contributed by atoms with Crippen LogP contribution in [-0.4, -0.2) is 15.9 Å². The summed E-state index contributed by atoms with van der Waals surface area (Å²) in [7, 11) is 0. The first-order chi connectivity index (χ1) is 6.08. The molecule has 0 spiro atoms. The highest BCUT2D eigenvalue weighted by Crippen LogP contribution is 2.01. The van der Waals surface area contributed by atoms with Gasteiger partial charge in [0.1, 0.15) is 12.4 Å². The number of carbonyl (C=O) groups is 1. The maximum Gasteiger partial charge on any atom is 0.303 e. The van der Waals surface area contributed by atoms with Gasteiger partial charge in [-0.05, 0) is 19.9 Å². The van der Waals surface area contributed by atoms with Crippen LogP contribution in [0, 0.1) is 13.8 Å². The Kier molecular flexibility index (Phi) is 2.95. The Bertz CT molecular complexity index is 303. The van der Waals surface area contributed by atoms with Gasteiger partial charge in [-0.2, -0.15) is 0 Å². The predicted octanol–water partition coefficient (Wildman–Crippen LogP) is 1.16. The van der Waals surface area contributed by atoms with Crippen molar-refractivity contribution in [1.29, 1.82) is 0 Å². The number of esters is 1. The fourth-order valence-electron chi connectivity index (χ4n) is 1.04. The Morgan fingerprint density at radius 2 is 2.15 bits per heavy atom. The average Bonchev–Trinajstić information content (AvgIpc) is 1.99. The van der Waals surface area contributed by atoms with Crippen LogP contribution >= 0.6 is 0 Å². The summed E-state index contributed by atoms with van der Waals surface area (Å²) in [5, 5.41) is 0. The molecule has 4 heteroatoms.